The molecule has 0 aromatic heterocycles. The van der Waals surface area contributed by atoms with Crippen molar-refractivity contribution in [3.05, 3.63) is 35.9 Å². The van der Waals surface area contributed by atoms with Gasteiger partial charge in [-0.2, -0.15) is 0 Å². The van der Waals surface area contributed by atoms with E-state index in [4.69, 9.17) is 5.73 Å². The zero-order valence-corrected chi connectivity index (χ0v) is 10.8. The molecule has 1 rings (SSSR count). The van der Waals surface area contributed by atoms with Gasteiger partial charge in [-0.3, -0.25) is 9.52 Å². The first kappa shape index (κ1) is 14.0. The number of nitrogens with one attached hydrogen (secondary N) is 1. The molecule has 0 aliphatic heterocycles. The van der Waals surface area contributed by atoms with E-state index in [2.05, 4.69) is 4.72 Å². The van der Waals surface area contributed by atoms with E-state index in [1.807, 2.05) is 13.0 Å². The number of nitrogens with two attached hydrogens (primary N) is 1. The van der Waals surface area contributed by atoms with Crippen LogP contribution in [0.1, 0.15) is 19.4 Å². The van der Waals surface area contributed by atoms with E-state index < -0.39 is 11.5 Å². The molecule has 0 radical (unpaired) electrons. The second-order valence-electron chi connectivity index (χ2n) is 3.75. The number of aliphatic hydroxyl groups is 1. The van der Waals surface area contributed by atoms with Gasteiger partial charge in [-0.15, -0.1) is 0 Å². The number of primary amides is 1. The Balaban J connectivity index is 3.01. The molecule has 1 aromatic carbocycles. The van der Waals surface area contributed by atoms with Crippen LogP contribution in [0.4, 0.5) is 0 Å². The molecule has 0 heterocycles. The molecule has 17 heavy (non-hydrogen) atoms. The summed E-state index contributed by atoms with van der Waals surface area (Å²) in [5.41, 5.74) is 4.21. The van der Waals surface area contributed by atoms with Crippen LogP contribution < -0.4 is 10.5 Å². The summed E-state index contributed by atoms with van der Waals surface area (Å²) < 4.78 is 3.03. The number of carbonyl (C=O) groups is 1. The summed E-state index contributed by atoms with van der Waals surface area (Å²) in [6.07, 6.45) is 0. The quantitative estimate of drug-likeness (QED) is 0.662. The van der Waals surface area contributed by atoms with E-state index in [0.29, 0.717) is 5.56 Å². The van der Waals surface area contributed by atoms with Crippen molar-refractivity contribution in [2.75, 3.05) is 6.54 Å². The predicted molar refractivity (Wildman–Crippen MR) is 70.3 cm³/mol. The average molecular weight is 254 g/mol. The Morgan fingerprint density at radius 3 is 2.59 bits per heavy atom. The maximum absolute atomic E-state index is 11.6. The molecule has 0 aliphatic rings. The van der Waals surface area contributed by atoms with E-state index in [9.17, 15) is 9.90 Å². The topological polar surface area (TPSA) is 75.3 Å². The third-order valence-corrected chi connectivity index (χ3v) is 3.73. The molecule has 0 aliphatic carbocycles. The Labute approximate surface area is 106 Å². The van der Waals surface area contributed by atoms with Crippen molar-refractivity contribution in [1.82, 2.24) is 4.72 Å². The standard InChI is InChI=1S/C12H18N2O2S/c1-3-14-17-9(2)12(16,11(13)15)10-7-5-4-6-8-10/h4-9,14,16H,3H2,1-2H3,(H2,13,15). The first-order valence-corrected chi connectivity index (χ1v) is 6.37. The van der Waals surface area contributed by atoms with Gasteiger partial charge in [0.05, 0.1) is 5.25 Å². The summed E-state index contributed by atoms with van der Waals surface area (Å²) in [5.74, 6) is -0.735. The second-order valence-corrected chi connectivity index (χ2v) is 4.99. The monoisotopic (exact) mass is 254 g/mol. The number of hydrogen-bond acceptors (Lipinski definition) is 4. The van der Waals surface area contributed by atoms with Crippen LogP contribution in [0.25, 0.3) is 0 Å². The van der Waals surface area contributed by atoms with Crippen molar-refractivity contribution in [3.8, 4) is 0 Å². The molecular formula is C12H18N2O2S. The number of benzene rings is 1. The van der Waals surface area contributed by atoms with E-state index in [1.165, 1.54) is 11.9 Å². The molecule has 1 aromatic rings. The van der Waals surface area contributed by atoms with E-state index in [0.717, 1.165) is 6.54 Å². The number of rotatable bonds is 6. The van der Waals surface area contributed by atoms with Crippen LogP contribution in [0.2, 0.25) is 0 Å². The van der Waals surface area contributed by atoms with Gasteiger partial charge < -0.3 is 10.8 Å². The minimum absolute atomic E-state index is 0.373. The van der Waals surface area contributed by atoms with Gasteiger partial charge in [-0.1, -0.05) is 49.2 Å². The SMILES string of the molecule is CCNSC(C)C(O)(C(N)=O)c1ccccc1. The molecule has 94 valence electrons. The Kier molecular flexibility index (Phi) is 4.99. The van der Waals surface area contributed by atoms with Crippen LogP contribution in [-0.4, -0.2) is 22.8 Å². The lowest BCUT2D eigenvalue weighted by Gasteiger charge is -2.30. The van der Waals surface area contributed by atoms with Gasteiger partial charge in [0.25, 0.3) is 5.91 Å². The summed E-state index contributed by atoms with van der Waals surface area (Å²) >= 11 is 1.31. The number of amides is 1. The van der Waals surface area contributed by atoms with Gasteiger partial charge >= 0.3 is 0 Å². The largest absolute Gasteiger partial charge is 0.374 e. The molecule has 4 nitrogen and oxygen atoms in total. The normalized spacial score (nSPS) is 16.2. The summed E-state index contributed by atoms with van der Waals surface area (Å²) in [4.78, 5) is 11.6. The van der Waals surface area contributed by atoms with E-state index >= 15 is 0 Å². The Morgan fingerprint density at radius 2 is 2.12 bits per heavy atom. The van der Waals surface area contributed by atoms with Crippen LogP contribution in [0.15, 0.2) is 30.3 Å². The number of carbonyl (C=O) groups excluding carboxylic acids is 1. The molecule has 2 unspecified atom stereocenters. The zero-order chi connectivity index (χ0) is 12.9. The summed E-state index contributed by atoms with van der Waals surface area (Å²) in [6.45, 7) is 4.47. The molecule has 4 N–H and O–H groups in total. The highest BCUT2D eigenvalue weighted by molar-refractivity contribution is 7.98. The first-order chi connectivity index (χ1) is 8.03. The summed E-state index contributed by atoms with van der Waals surface area (Å²) in [5, 5.41) is 10.1. The lowest BCUT2D eigenvalue weighted by atomic mass is 9.90. The van der Waals surface area contributed by atoms with E-state index in [-0.39, 0.29) is 5.25 Å². The fourth-order valence-electron chi connectivity index (χ4n) is 1.56. The Bertz CT molecular complexity index is 372. The number of hydrogen-bond donors (Lipinski definition) is 3. The fourth-order valence-corrected chi connectivity index (χ4v) is 2.40. The van der Waals surface area contributed by atoms with Crippen LogP contribution >= 0.6 is 11.9 Å². The maximum atomic E-state index is 11.6. The van der Waals surface area contributed by atoms with Gasteiger partial charge in [-0.25, -0.2) is 0 Å². The van der Waals surface area contributed by atoms with Crippen molar-refractivity contribution in [2.24, 2.45) is 5.73 Å². The van der Waals surface area contributed by atoms with Crippen molar-refractivity contribution in [1.29, 1.82) is 0 Å². The highest BCUT2D eigenvalue weighted by atomic mass is 32.2. The lowest BCUT2D eigenvalue weighted by Crippen LogP contribution is -2.48. The summed E-state index contributed by atoms with van der Waals surface area (Å²) in [6, 6.07) is 8.77. The van der Waals surface area contributed by atoms with Gasteiger partial charge in [0.2, 0.25) is 0 Å². The van der Waals surface area contributed by atoms with E-state index in [1.54, 1.807) is 31.2 Å². The maximum Gasteiger partial charge on any atom is 0.255 e. The zero-order valence-electron chi connectivity index (χ0n) is 10.0. The average Bonchev–Trinajstić information content (AvgIpc) is 2.35. The van der Waals surface area contributed by atoms with Crippen LogP contribution in [0, 0.1) is 0 Å². The third kappa shape index (κ3) is 3.00. The highest BCUT2D eigenvalue weighted by Crippen LogP contribution is 2.31. The predicted octanol–water partition coefficient (Wildman–Crippen LogP) is 1.01. The molecule has 2 atom stereocenters. The molecule has 1 amide bonds. The highest BCUT2D eigenvalue weighted by Gasteiger charge is 2.42. The van der Waals surface area contributed by atoms with Crippen molar-refractivity contribution >= 4 is 17.9 Å². The Hall–Kier alpha value is -1.04. The van der Waals surface area contributed by atoms with Gasteiger partial charge in [0.1, 0.15) is 0 Å². The molecule has 0 fully saturated rings. The second kappa shape index (κ2) is 6.05. The molecule has 0 spiro atoms. The molecule has 0 bridgehead atoms. The molecular weight excluding hydrogens is 236 g/mol. The lowest BCUT2D eigenvalue weighted by molar-refractivity contribution is -0.137. The third-order valence-electron chi connectivity index (χ3n) is 2.58. The molecule has 0 saturated heterocycles. The summed E-state index contributed by atoms with van der Waals surface area (Å²) in [7, 11) is 0. The van der Waals surface area contributed by atoms with Gasteiger partial charge in [-0.05, 0) is 12.5 Å². The van der Waals surface area contributed by atoms with Crippen molar-refractivity contribution in [2.45, 2.75) is 24.7 Å². The van der Waals surface area contributed by atoms with Crippen molar-refractivity contribution in [3.63, 3.8) is 0 Å². The van der Waals surface area contributed by atoms with Crippen LogP contribution in [-0.2, 0) is 10.4 Å². The minimum Gasteiger partial charge on any atom is -0.374 e. The molecule has 0 saturated carbocycles. The minimum atomic E-state index is -1.66. The smallest absolute Gasteiger partial charge is 0.255 e. The van der Waals surface area contributed by atoms with Crippen LogP contribution in [0.5, 0.6) is 0 Å². The van der Waals surface area contributed by atoms with Crippen LogP contribution in [0.3, 0.4) is 0 Å². The fraction of sp³-hybridized carbons (Fsp3) is 0.417. The Morgan fingerprint density at radius 1 is 1.53 bits per heavy atom. The first-order valence-electron chi connectivity index (χ1n) is 5.49. The van der Waals surface area contributed by atoms with Gasteiger partial charge in [0.15, 0.2) is 5.60 Å². The van der Waals surface area contributed by atoms with Crippen molar-refractivity contribution < 1.29 is 9.90 Å². The molecule has 5 heteroatoms. The van der Waals surface area contributed by atoms with Gasteiger partial charge in [0, 0.05) is 6.54 Å².